The molecule has 0 aromatic carbocycles. The lowest BCUT2D eigenvalue weighted by Crippen LogP contribution is -2.38. The normalized spacial score (nSPS) is 12.4. The molecule has 42 heavy (non-hydrogen) atoms. The van der Waals surface area contributed by atoms with Gasteiger partial charge in [-0.2, -0.15) is 0 Å². The molecule has 0 spiro atoms. The van der Waals surface area contributed by atoms with Gasteiger partial charge in [-0.15, -0.1) is 45.3 Å². The van der Waals surface area contributed by atoms with Crippen molar-refractivity contribution in [3.05, 3.63) is 48.5 Å². The number of rotatable bonds is 19. The van der Waals surface area contributed by atoms with Crippen LogP contribution in [0, 0.1) is 0 Å². The molecule has 4 aromatic rings. The summed E-state index contributed by atoms with van der Waals surface area (Å²) in [5.41, 5.74) is 0. The van der Waals surface area contributed by atoms with Gasteiger partial charge in [0.15, 0.2) is 0 Å². The van der Waals surface area contributed by atoms with Crippen molar-refractivity contribution >= 4 is 70.5 Å². The van der Waals surface area contributed by atoms with Gasteiger partial charge in [-0.05, 0) is 45.4 Å². The fourth-order valence-electron chi connectivity index (χ4n) is 5.81. The predicted octanol–water partition coefficient (Wildman–Crippen LogP) is 13.5. The summed E-state index contributed by atoms with van der Waals surface area (Å²) in [5.74, 6) is 0. The standard InChI is InChI=1S/C36H54S4Si2/c1-7-9-11-13-15-17-27-41(3,4)35-25-23-33(39-35)31-21-19-29(37-31)30-20-22-32(38-30)34-24-26-36(40-34)42(5,6)28-18-16-14-12-10-8-2/h19-26H,7-18,27-28H2,1-6H3. The van der Waals surface area contributed by atoms with Gasteiger partial charge in [0.1, 0.15) is 0 Å². The molecule has 230 valence electrons. The van der Waals surface area contributed by atoms with E-state index in [4.69, 9.17) is 0 Å². The summed E-state index contributed by atoms with van der Waals surface area (Å²) in [5, 5.41) is 0. The smallest absolute Gasteiger partial charge is 0.0934 e. The Hall–Kier alpha value is -0.766. The van der Waals surface area contributed by atoms with Crippen LogP contribution in [0.15, 0.2) is 48.5 Å². The molecule has 0 aliphatic rings. The van der Waals surface area contributed by atoms with Crippen LogP contribution in [-0.4, -0.2) is 16.1 Å². The molecular formula is C36H54S4Si2. The summed E-state index contributed by atoms with van der Waals surface area (Å²) < 4.78 is 3.35. The van der Waals surface area contributed by atoms with Crippen molar-refractivity contribution in [3.8, 4) is 29.3 Å². The van der Waals surface area contributed by atoms with E-state index in [-0.39, 0.29) is 0 Å². The highest BCUT2D eigenvalue weighted by Crippen LogP contribution is 2.42. The van der Waals surface area contributed by atoms with Crippen LogP contribution in [0.4, 0.5) is 0 Å². The van der Waals surface area contributed by atoms with Gasteiger partial charge in [-0.1, -0.05) is 141 Å². The quantitative estimate of drug-likeness (QED) is 0.0688. The first kappa shape index (κ1) is 34.1. The lowest BCUT2D eigenvalue weighted by atomic mass is 10.1. The SMILES string of the molecule is CCCCCCCC[Si](C)(C)c1ccc(-c2ccc(-c3ccc(-c4ccc([Si](C)(C)CCCCCCCC)s4)s3)s2)s1. The number of unbranched alkanes of at least 4 members (excludes halogenated alkanes) is 10. The summed E-state index contributed by atoms with van der Waals surface area (Å²) in [4.78, 5) is 8.61. The van der Waals surface area contributed by atoms with E-state index in [9.17, 15) is 0 Å². The van der Waals surface area contributed by atoms with Crippen molar-refractivity contribution in [2.24, 2.45) is 0 Å². The highest BCUT2D eigenvalue weighted by atomic mass is 32.1. The Morgan fingerprint density at radius 1 is 0.381 bits per heavy atom. The monoisotopic (exact) mass is 670 g/mol. The van der Waals surface area contributed by atoms with Crippen LogP contribution in [-0.2, 0) is 0 Å². The first-order valence-corrected chi connectivity index (χ1v) is 26.3. The van der Waals surface area contributed by atoms with Gasteiger partial charge in [-0.25, -0.2) is 0 Å². The molecule has 0 amide bonds. The maximum atomic E-state index is 2.58. The molecule has 0 bridgehead atoms. The highest BCUT2D eigenvalue weighted by molar-refractivity contribution is 7.33. The summed E-state index contributed by atoms with van der Waals surface area (Å²) in [6.07, 6.45) is 16.8. The van der Waals surface area contributed by atoms with Crippen molar-refractivity contribution in [2.75, 3.05) is 0 Å². The minimum Gasteiger partial charge on any atom is -0.144 e. The van der Waals surface area contributed by atoms with Crippen LogP contribution in [0.3, 0.4) is 0 Å². The summed E-state index contributed by atoms with van der Waals surface area (Å²) in [6.45, 7) is 14.9. The van der Waals surface area contributed by atoms with Crippen molar-refractivity contribution in [1.29, 1.82) is 0 Å². The molecule has 0 N–H and O–H groups in total. The molecule has 0 saturated carbocycles. The van der Waals surface area contributed by atoms with E-state index in [1.54, 1.807) is 9.00 Å². The molecule has 0 nitrogen and oxygen atoms in total. The second-order valence-electron chi connectivity index (χ2n) is 13.5. The van der Waals surface area contributed by atoms with E-state index in [2.05, 4.69) is 111 Å². The largest absolute Gasteiger partial charge is 0.144 e. The van der Waals surface area contributed by atoms with Gasteiger partial charge in [0.25, 0.3) is 0 Å². The average molecular weight is 671 g/mol. The fourth-order valence-corrected chi connectivity index (χ4v) is 16.9. The fraction of sp³-hybridized carbons (Fsp3) is 0.556. The Morgan fingerprint density at radius 2 is 0.667 bits per heavy atom. The lowest BCUT2D eigenvalue weighted by molar-refractivity contribution is 0.623. The van der Waals surface area contributed by atoms with Gasteiger partial charge < -0.3 is 0 Å². The third-order valence-corrected chi connectivity index (χ3v) is 23.5. The molecule has 0 aliphatic carbocycles. The minimum atomic E-state index is -1.35. The average Bonchev–Trinajstić information content (AvgIpc) is 3.78. The van der Waals surface area contributed by atoms with Crippen LogP contribution in [0.5, 0.6) is 0 Å². The van der Waals surface area contributed by atoms with E-state index < -0.39 is 16.1 Å². The van der Waals surface area contributed by atoms with Crippen molar-refractivity contribution in [3.63, 3.8) is 0 Å². The maximum absolute atomic E-state index is 2.58. The van der Waals surface area contributed by atoms with Crippen LogP contribution in [0.25, 0.3) is 29.3 Å². The first-order chi connectivity index (χ1) is 20.2. The number of thiophene rings is 4. The molecule has 0 radical (unpaired) electrons. The van der Waals surface area contributed by atoms with E-state index in [1.165, 1.54) is 118 Å². The molecule has 4 heterocycles. The summed E-state index contributed by atoms with van der Waals surface area (Å²) >= 11 is 8.09. The Kier molecular flexibility index (Phi) is 13.4. The van der Waals surface area contributed by atoms with E-state index in [0.29, 0.717) is 0 Å². The zero-order chi connectivity index (χ0) is 30.0. The van der Waals surface area contributed by atoms with Crippen LogP contribution >= 0.6 is 45.3 Å². The summed E-state index contributed by atoms with van der Waals surface area (Å²) in [6, 6.07) is 22.0. The zero-order valence-electron chi connectivity index (χ0n) is 27.2. The zero-order valence-corrected chi connectivity index (χ0v) is 32.4. The second kappa shape index (κ2) is 16.5. The van der Waals surface area contributed by atoms with Crippen molar-refractivity contribution < 1.29 is 0 Å². The molecule has 0 fully saturated rings. The Labute approximate surface area is 275 Å². The number of hydrogen-bond donors (Lipinski definition) is 0. The second-order valence-corrected chi connectivity index (χ2v) is 28.1. The van der Waals surface area contributed by atoms with Gasteiger partial charge in [0.2, 0.25) is 0 Å². The molecule has 0 atom stereocenters. The van der Waals surface area contributed by atoms with Crippen LogP contribution in [0.1, 0.15) is 90.9 Å². The van der Waals surface area contributed by atoms with Gasteiger partial charge in [-0.3, -0.25) is 0 Å². The molecular weight excluding hydrogens is 617 g/mol. The molecule has 4 rings (SSSR count). The Bertz CT molecular complexity index is 1230. The summed E-state index contributed by atoms with van der Waals surface area (Å²) in [7, 11) is -2.70. The highest BCUT2D eigenvalue weighted by Gasteiger charge is 2.26. The van der Waals surface area contributed by atoms with E-state index in [1.807, 2.05) is 22.7 Å². The lowest BCUT2D eigenvalue weighted by Gasteiger charge is -2.20. The predicted molar refractivity (Wildman–Crippen MR) is 205 cm³/mol. The van der Waals surface area contributed by atoms with Crippen LogP contribution in [0.2, 0.25) is 38.3 Å². The van der Waals surface area contributed by atoms with Gasteiger partial charge in [0.05, 0.1) is 16.1 Å². The van der Waals surface area contributed by atoms with E-state index >= 15 is 0 Å². The molecule has 0 unspecified atom stereocenters. The first-order valence-electron chi connectivity index (χ1n) is 16.6. The Morgan fingerprint density at radius 3 is 1.02 bits per heavy atom. The van der Waals surface area contributed by atoms with Crippen molar-refractivity contribution in [1.82, 2.24) is 0 Å². The topological polar surface area (TPSA) is 0 Å². The van der Waals surface area contributed by atoms with Crippen molar-refractivity contribution in [2.45, 2.75) is 129 Å². The van der Waals surface area contributed by atoms with E-state index in [0.717, 1.165) is 0 Å². The molecule has 0 aliphatic heterocycles. The number of hydrogen-bond acceptors (Lipinski definition) is 4. The third-order valence-electron chi connectivity index (χ3n) is 8.80. The molecule has 4 aromatic heterocycles. The molecule has 6 heteroatoms. The minimum absolute atomic E-state index is 1.34. The van der Waals surface area contributed by atoms with Gasteiger partial charge >= 0.3 is 0 Å². The maximum Gasteiger partial charge on any atom is 0.0934 e. The third kappa shape index (κ3) is 9.61. The van der Waals surface area contributed by atoms with Crippen LogP contribution < -0.4 is 9.00 Å². The van der Waals surface area contributed by atoms with Gasteiger partial charge in [0, 0.05) is 29.3 Å². The Balaban J connectivity index is 1.34. The molecule has 0 saturated heterocycles.